The number of hydrogen-bond acceptors (Lipinski definition) is 7. The highest BCUT2D eigenvalue weighted by Gasteiger charge is 2.25. The minimum atomic E-state index is -3.33. The Bertz CT molecular complexity index is 1480. The van der Waals surface area contributed by atoms with E-state index in [9.17, 15) is 18.3 Å². The average Bonchev–Trinajstić information content (AvgIpc) is 3.44. The minimum absolute atomic E-state index is 0.102. The lowest BCUT2D eigenvalue weighted by atomic mass is 10.1. The number of β-amino-alcohol motifs (C(OH)–C–C–N with tert-alkyl or cyclic N) is 1. The standard InChI is InChI=1S/C24H23N5O4S/c1-34(32,33)20-5-2-4-17(14-20)21-6-3-12-29-22(21)26-24(27-29)25-18-9-7-16(8-10-18)23(31)28-13-11-19(30)15-28/h2-10,12,14,19,30H,11,13,15H2,1H3,(H,25,27). The lowest BCUT2D eigenvalue weighted by Gasteiger charge is -2.15. The Balaban J connectivity index is 1.39. The smallest absolute Gasteiger partial charge is 0.253 e. The third-order valence-corrected chi connectivity index (χ3v) is 6.88. The van der Waals surface area contributed by atoms with Crippen molar-refractivity contribution in [2.75, 3.05) is 24.7 Å². The summed E-state index contributed by atoms with van der Waals surface area (Å²) in [6.07, 6.45) is 3.10. The molecule has 1 aliphatic heterocycles. The highest BCUT2D eigenvalue weighted by atomic mass is 32.2. The zero-order chi connectivity index (χ0) is 23.9. The van der Waals surface area contributed by atoms with Gasteiger partial charge in [-0.1, -0.05) is 12.1 Å². The molecule has 0 spiro atoms. The molecular weight excluding hydrogens is 454 g/mol. The molecule has 1 atom stereocenters. The third kappa shape index (κ3) is 4.37. The summed E-state index contributed by atoms with van der Waals surface area (Å²) in [6, 6.07) is 17.4. The van der Waals surface area contributed by atoms with Gasteiger partial charge in [0.2, 0.25) is 5.95 Å². The van der Waals surface area contributed by atoms with Crippen LogP contribution in [0, 0.1) is 0 Å². The van der Waals surface area contributed by atoms with Crippen molar-refractivity contribution in [1.29, 1.82) is 0 Å². The number of amides is 1. The fourth-order valence-corrected chi connectivity index (χ4v) is 4.68. The quantitative estimate of drug-likeness (QED) is 0.454. The average molecular weight is 478 g/mol. The Hall–Kier alpha value is -3.76. The predicted octanol–water partition coefficient (Wildman–Crippen LogP) is 2.75. The van der Waals surface area contributed by atoms with Gasteiger partial charge in [-0.05, 0) is 60.5 Å². The van der Waals surface area contributed by atoms with Gasteiger partial charge in [-0.3, -0.25) is 4.79 Å². The summed E-state index contributed by atoms with van der Waals surface area (Å²) in [5.41, 5.74) is 3.32. The highest BCUT2D eigenvalue weighted by Crippen LogP contribution is 2.27. The number of hydrogen-bond donors (Lipinski definition) is 2. The molecule has 9 nitrogen and oxygen atoms in total. The first-order chi connectivity index (χ1) is 16.3. The molecular formula is C24H23N5O4S. The van der Waals surface area contributed by atoms with Gasteiger partial charge in [-0.2, -0.15) is 4.98 Å². The second-order valence-electron chi connectivity index (χ2n) is 8.32. The summed E-state index contributed by atoms with van der Waals surface area (Å²) in [5.74, 6) is 0.267. The Labute approximate surface area is 196 Å². The molecule has 0 aliphatic carbocycles. The Morgan fingerprint density at radius 2 is 1.91 bits per heavy atom. The van der Waals surface area contributed by atoms with E-state index in [2.05, 4.69) is 15.4 Å². The summed E-state index contributed by atoms with van der Waals surface area (Å²) in [4.78, 5) is 19.0. The molecule has 3 heterocycles. The summed E-state index contributed by atoms with van der Waals surface area (Å²) in [6.45, 7) is 0.917. The van der Waals surface area contributed by atoms with E-state index < -0.39 is 15.9 Å². The van der Waals surface area contributed by atoms with Crippen molar-refractivity contribution in [1.82, 2.24) is 19.5 Å². The fraction of sp³-hybridized carbons (Fsp3) is 0.208. The number of carbonyl (C=O) groups is 1. The van der Waals surface area contributed by atoms with E-state index in [4.69, 9.17) is 0 Å². The monoisotopic (exact) mass is 477 g/mol. The van der Waals surface area contributed by atoms with Crippen LogP contribution in [0.5, 0.6) is 0 Å². The molecule has 2 aromatic heterocycles. The molecule has 1 saturated heterocycles. The van der Waals surface area contributed by atoms with Gasteiger partial charge in [0.05, 0.1) is 11.0 Å². The van der Waals surface area contributed by atoms with Crippen LogP contribution in [-0.4, -0.2) is 64.4 Å². The van der Waals surface area contributed by atoms with Crippen LogP contribution in [0.25, 0.3) is 16.8 Å². The molecule has 0 bridgehead atoms. The van der Waals surface area contributed by atoms with Crippen molar-refractivity contribution < 1.29 is 18.3 Å². The van der Waals surface area contributed by atoms with Crippen LogP contribution in [0.2, 0.25) is 0 Å². The first-order valence-electron chi connectivity index (χ1n) is 10.8. The molecule has 1 unspecified atom stereocenters. The second kappa shape index (κ2) is 8.54. The van der Waals surface area contributed by atoms with E-state index >= 15 is 0 Å². The zero-order valence-corrected chi connectivity index (χ0v) is 19.2. The van der Waals surface area contributed by atoms with Crippen molar-refractivity contribution in [3.05, 3.63) is 72.4 Å². The SMILES string of the molecule is CS(=O)(=O)c1cccc(-c2cccn3nc(Nc4ccc(C(=O)N5CCC(O)C5)cc4)nc23)c1. The van der Waals surface area contributed by atoms with Crippen molar-refractivity contribution >= 4 is 33.0 Å². The number of fused-ring (bicyclic) bond motifs is 1. The van der Waals surface area contributed by atoms with Crippen LogP contribution >= 0.6 is 0 Å². The predicted molar refractivity (Wildman–Crippen MR) is 128 cm³/mol. The summed E-state index contributed by atoms with van der Waals surface area (Å²) in [7, 11) is -3.33. The van der Waals surface area contributed by atoms with Gasteiger partial charge >= 0.3 is 0 Å². The normalized spacial score (nSPS) is 16.2. The minimum Gasteiger partial charge on any atom is -0.391 e. The van der Waals surface area contributed by atoms with Crippen LogP contribution in [0.4, 0.5) is 11.6 Å². The number of rotatable bonds is 5. The van der Waals surface area contributed by atoms with Crippen LogP contribution in [0.1, 0.15) is 16.8 Å². The third-order valence-electron chi connectivity index (χ3n) is 5.77. The number of nitrogens with zero attached hydrogens (tertiary/aromatic N) is 4. The number of benzene rings is 2. The Kier molecular flexibility index (Phi) is 5.54. The lowest BCUT2D eigenvalue weighted by molar-refractivity contribution is 0.0765. The topological polar surface area (TPSA) is 117 Å². The molecule has 1 fully saturated rings. The first kappa shape index (κ1) is 22.1. The van der Waals surface area contributed by atoms with Crippen molar-refractivity contribution in [2.24, 2.45) is 0 Å². The number of sulfone groups is 1. The van der Waals surface area contributed by atoms with E-state index in [-0.39, 0.29) is 10.8 Å². The molecule has 10 heteroatoms. The van der Waals surface area contributed by atoms with E-state index in [0.29, 0.717) is 36.7 Å². The number of nitrogens with one attached hydrogen (secondary N) is 1. The van der Waals surface area contributed by atoms with Gasteiger partial charge in [0.15, 0.2) is 15.5 Å². The highest BCUT2D eigenvalue weighted by molar-refractivity contribution is 7.90. The van der Waals surface area contributed by atoms with Crippen LogP contribution in [0.3, 0.4) is 0 Å². The largest absolute Gasteiger partial charge is 0.391 e. The Morgan fingerprint density at radius 1 is 1.12 bits per heavy atom. The van der Waals surface area contributed by atoms with Gasteiger partial charge in [0.25, 0.3) is 5.91 Å². The van der Waals surface area contributed by atoms with Crippen LogP contribution < -0.4 is 5.32 Å². The molecule has 0 radical (unpaired) electrons. The molecule has 2 aromatic carbocycles. The maximum atomic E-state index is 12.6. The van der Waals surface area contributed by atoms with Gasteiger partial charge in [-0.25, -0.2) is 12.9 Å². The van der Waals surface area contributed by atoms with E-state index in [1.165, 1.54) is 6.26 Å². The zero-order valence-electron chi connectivity index (χ0n) is 18.4. The summed E-state index contributed by atoms with van der Waals surface area (Å²) >= 11 is 0. The number of aromatic nitrogens is 3. The van der Waals surface area contributed by atoms with Gasteiger partial charge in [0, 0.05) is 42.4 Å². The van der Waals surface area contributed by atoms with Crippen molar-refractivity contribution in [3.8, 4) is 11.1 Å². The number of anilines is 2. The maximum Gasteiger partial charge on any atom is 0.253 e. The van der Waals surface area contributed by atoms with Crippen molar-refractivity contribution in [3.63, 3.8) is 0 Å². The summed E-state index contributed by atoms with van der Waals surface area (Å²) in [5, 5.41) is 17.3. The number of likely N-dealkylation sites (tertiary alicyclic amines) is 1. The lowest BCUT2D eigenvalue weighted by Crippen LogP contribution is -2.29. The molecule has 2 N–H and O–H groups in total. The molecule has 1 amide bonds. The first-order valence-corrected chi connectivity index (χ1v) is 12.7. The van der Waals surface area contributed by atoms with Gasteiger partial charge in [0.1, 0.15) is 0 Å². The van der Waals surface area contributed by atoms with Gasteiger partial charge < -0.3 is 15.3 Å². The molecule has 0 saturated carbocycles. The number of carbonyl (C=O) groups excluding carboxylic acids is 1. The van der Waals surface area contributed by atoms with Gasteiger partial charge in [-0.15, -0.1) is 5.10 Å². The number of aliphatic hydroxyl groups is 1. The number of aliphatic hydroxyl groups excluding tert-OH is 1. The molecule has 5 rings (SSSR count). The van der Waals surface area contributed by atoms with Crippen LogP contribution in [-0.2, 0) is 9.84 Å². The molecule has 34 heavy (non-hydrogen) atoms. The van der Waals surface area contributed by atoms with E-state index in [1.54, 1.807) is 58.1 Å². The second-order valence-corrected chi connectivity index (χ2v) is 10.3. The molecule has 4 aromatic rings. The maximum absolute atomic E-state index is 12.6. The van der Waals surface area contributed by atoms with E-state index in [0.717, 1.165) is 16.8 Å². The van der Waals surface area contributed by atoms with Crippen molar-refractivity contribution in [2.45, 2.75) is 17.4 Å². The van der Waals surface area contributed by atoms with E-state index in [1.807, 2.05) is 18.2 Å². The number of pyridine rings is 1. The van der Waals surface area contributed by atoms with Crippen LogP contribution in [0.15, 0.2) is 71.8 Å². The summed E-state index contributed by atoms with van der Waals surface area (Å²) < 4.78 is 25.6. The molecule has 1 aliphatic rings. The molecule has 174 valence electrons. The fourth-order valence-electron chi connectivity index (χ4n) is 4.01. The Morgan fingerprint density at radius 3 is 2.62 bits per heavy atom.